The molecule has 0 fully saturated rings. The highest BCUT2D eigenvalue weighted by Gasteiger charge is 2.08. The number of benzene rings is 2. The monoisotopic (exact) mass is 313 g/mol. The van der Waals surface area contributed by atoms with E-state index in [2.05, 4.69) is 5.32 Å². The van der Waals surface area contributed by atoms with Crippen LogP contribution in [-0.4, -0.2) is 24.7 Å². The number of ether oxygens (including phenoxy) is 2. The van der Waals surface area contributed by atoms with Crippen LogP contribution in [0.4, 0.5) is 5.69 Å². The van der Waals surface area contributed by atoms with E-state index in [0.717, 1.165) is 5.56 Å². The molecule has 0 saturated heterocycles. The van der Waals surface area contributed by atoms with Crippen molar-refractivity contribution in [2.24, 2.45) is 0 Å². The number of hydrogen-bond donors (Lipinski definition) is 2. The number of rotatable bonds is 6. The van der Waals surface area contributed by atoms with Gasteiger partial charge in [-0.2, -0.15) is 0 Å². The fourth-order valence-corrected chi connectivity index (χ4v) is 2.02. The summed E-state index contributed by atoms with van der Waals surface area (Å²) in [5, 5.41) is 12.0. The molecule has 0 heterocycles. The summed E-state index contributed by atoms with van der Waals surface area (Å²) in [6.07, 6.45) is 3.87. The summed E-state index contributed by atoms with van der Waals surface area (Å²) in [6, 6.07) is 11.8. The van der Waals surface area contributed by atoms with Gasteiger partial charge in [0.1, 0.15) is 5.75 Å². The number of anilines is 1. The van der Waals surface area contributed by atoms with Crippen LogP contribution in [0.3, 0.4) is 0 Å². The SMILES string of the molecule is C/C=C/c1ccc(OCC(=O)Nc2cccc(O)c2)c(OC)c1. The molecule has 0 saturated carbocycles. The quantitative estimate of drug-likeness (QED) is 0.857. The summed E-state index contributed by atoms with van der Waals surface area (Å²) >= 11 is 0. The van der Waals surface area contributed by atoms with E-state index in [9.17, 15) is 9.90 Å². The van der Waals surface area contributed by atoms with Gasteiger partial charge in [-0.25, -0.2) is 0 Å². The molecule has 5 heteroatoms. The number of phenols is 1. The van der Waals surface area contributed by atoms with E-state index in [1.807, 2.05) is 31.2 Å². The number of nitrogens with one attached hydrogen (secondary N) is 1. The van der Waals surface area contributed by atoms with Gasteiger partial charge in [0.2, 0.25) is 0 Å². The molecule has 23 heavy (non-hydrogen) atoms. The van der Waals surface area contributed by atoms with Crippen LogP contribution in [0.15, 0.2) is 48.5 Å². The second kappa shape index (κ2) is 7.89. The first-order chi connectivity index (χ1) is 11.1. The van der Waals surface area contributed by atoms with E-state index < -0.39 is 0 Å². The summed E-state index contributed by atoms with van der Waals surface area (Å²) in [4.78, 5) is 11.9. The Morgan fingerprint density at radius 1 is 1.22 bits per heavy atom. The topological polar surface area (TPSA) is 67.8 Å². The van der Waals surface area contributed by atoms with Gasteiger partial charge in [-0.05, 0) is 36.8 Å². The van der Waals surface area contributed by atoms with Crippen molar-refractivity contribution in [3.8, 4) is 17.2 Å². The van der Waals surface area contributed by atoms with Crippen LogP contribution < -0.4 is 14.8 Å². The number of phenolic OH excluding ortho intramolecular Hbond substituents is 1. The average molecular weight is 313 g/mol. The molecule has 0 aliphatic rings. The Bertz CT molecular complexity index is 710. The second-order valence-corrected chi connectivity index (χ2v) is 4.80. The molecule has 0 spiro atoms. The van der Waals surface area contributed by atoms with Gasteiger partial charge in [0.15, 0.2) is 18.1 Å². The second-order valence-electron chi connectivity index (χ2n) is 4.80. The van der Waals surface area contributed by atoms with Gasteiger partial charge in [0.05, 0.1) is 7.11 Å². The third kappa shape index (κ3) is 4.78. The predicted octanol–water partition coefficient (Wildman–Crippen LogP) is 3.45. The maximum atomic E-state index is 11.9. The number of carbonyl (C=O) groups is 1. The van der Waals surface area contributed by atoms with Crippen molar-refractivity contribution < 1.29 is 19.4 Å². The van der Waals surface area contributed by atoms with Crippen molar-refractivity contribution in [2.75, 3.05) is 19.0 Å². The molecule has 2 rings (SSSR count). The van der Waals surface area contributed by atoms with Gasteiger partial charge in [-0.15, -0.1) is 0 Å². The number of allylic oxidation sites excluding steroid dienone is 1. The molecule has 0 aromatic heterocycles. The molecule has 2 N–H and O–H groups in total. The van der Waals surface area contributed by atoms with Crippen LogP contribution in [0.5, 0.6) is 17.2 Å². The molecule has 5 nitrogen and oxygen atoms in total. The van der Waals surface area contributed by atoms with Crippen molar-refractivity contribution in [3.05, 3.63) is 54.1 Å². The lowest BCUT2D eigenvalue weighted by Gasteiger charge is -2.11. The summed E-state index contributed by atoms with van der Waals surface area (Å²) in [5.41, 5.74) is 1.50. The highest BCUT2D eigenvalue weighted by Crippen LogP contribution is 2.28. The summed E-state index contributed by atoms with van der Waals surface area (Å²) in [5.74, 6) is 0.817. The Labute approximate surface area is 135 Å². The maximum Gasteiger partial charge on any atom is 0.262 e. The molecule has 2 aromatic rings. The van der Waals surface area contributed by atoms with Crippen molar-refractivity contribution in [1.82, 2.24) is 0 Å². The van der Waals surface area contributed by atoms with E-state index in [1.54, 1.807) is 25.3 Å². The van der Waals surface area contributed by atoms with Gasteiger partial charge in [-0.1, -0.05) is 24.3 Å². The third-order valence-electron chi connectivity index (χ3n) is 3.04. The Kier molecular flexibility index (Phi) is 5.63. The molecule has 120 valence electrons. The van der Waals surface area contributed by atoms with E-state index >= 15 is 0 Å². The molecule has 1 amide bonds. The highest BCUT2D eigenvalue weighted by atomic mass is 16.5. The van der Waals surface area contributed by atoms with Gasteiger partial charge < -0.3 is 19.9 Å². The highest BCUT2D eigenvalue weighted by molar-refractivity contribution is 5.92. The zero-order chi connectivity index (χ0) is 16.7. The maximum absolute atomic E-state index is 11.9. The van der Waals surface area contributed by atoms with Crippen LogP contribution >= 0.6 is 0 Å². The molecule has 0 aliphatic carbocycles. The van der Waals surface area contributed by atoms with Crippen LogP contribution in [0.25, 0.3) is 6.08 Å². The van der Waals surface area contributed by atoms with Crippen LogP contribution in [0.2, 0.25) is 0 Å². The van der Waals surface area contributed by atoms with E-state index in [4.69, 9.17) is 9.47 Å². The molecule has 0 aliphatic heterocycles. The Balaban J connectivity index is 1.98. The Morgan fingerprint density at radius 3 is 2.74 bits per heavy atom. The Morgan fingerprint density at radius 2 is 2.04 bits per heavy atom. The number of hydrogen-bond acceptors (Lipinski definition) is 4. The van der Waals surface area contributed by atoms with Crippen molar-refractivity contribution in [3.63, 3.8) is 0 Å². The minimum atomic E-state index is -0.324. The van der Waals surface area contributed by atoms with Gasteiger partial charge in [0, 0.05) is 11.8 Å². The zero-order valence-corrected chi connectivity index (χ0v) is 13.1. The van der Waals surface area contributed by atoms with Gasteiger partial charge >= 0.3 is 0 Å². The number of carbonyl (C=O) groups excluding carboxylic acids is 1. The molecule has 2 aromatic carbocycles. The molecule has 0 atom stereocenters. The van der Waals surface area contributed by atoms with Gasteiger partial charge in [0.25, 0.3) is 5.91 Å². The predicted molar refractivity (Wildman–Crippen MR) is 89.9 cm³/mol. The van der Waals surface area contributed by atoms with Crippen LogP contribution in [-0.2, 0) is 4.79 Å². The van der Waals surface area contributed by atoms with Crippen molar-refractivity contribution >= 4 is 17.7 Å². The first kappa shape index (κ1) is 16.4. The van der Waals surface area contributed by atoms with Crippen molar-refractivity contribution in [1.29, 1.82) is 0 Å². The Hall–Kier alpha value is -2.95. The minimum Gasteiger partial charge on any atom is -0.508 e. The lowest BCUT2D eigenvalue weighted by molar-refractivity contribution is -0.118. The van der Waals surface area contributed by atoms with E-state index in [1.165, 1.54) is 12.1 Å². The summed E-state index contributed by atoms with van der Waals surface area (Å²) in [6.45, 7) is 1.78. The minimum absolute atomic E-state index is 0.0879. The first-order valence-corrected chi connectivity index (χ1v) is 7.15. The number of aromatic hydroxyl groups is 1. The van der Waals surface area contributed by atoms with Crippen LogP contribution in [0.1, 0.15) is 12.5 Å². The van der Waals surface area contributed by atoms with Gasteiger partial charge in [-0.3, -0.25) is 4.79 Å². The number of methoxy groups -OCH3 is 1. The fourth-order valence-electron chi connectivity index (χ4n) is 2.02. The summed E-state index contributed by atoms with van der Waals surface area (Å²) in [7, 11) is 1.55. The zero-order valence-electron chi connectivity index (χ0n) is 13.1. The largest absolute Gasteiger partial charge is 0.508 e. The lowest BCUT2D eigenvalue weighted by Crippen LogP contribution is -2.20. The first-order valence-electron chi connectivity index (χ1n) is 7.15. The van der Waals surface area contributed by atoms with E-state index in [0.29, 0.717) is 17.2 Å². The molecule has 0 radical (unpaired) electrons. The number of amides is 1. The molecule has 0 unspecified atom stereocenters. The average Bonchev–Trinajstić information content (AvgIpc) is 2.54. The fraction of sp³-hybridized carbons (Fsp3) is 0.167. The van der Waals surface area contributed by atoms with Crippen molar-refractivity contribution in [2.45, 2.75) is 6.92 Å². The van der Waals surface area contributed by atoms with E-state index in [-0.39, 0.29) is 18.3 Å². The normalized spacial score (nSPS) is 10.5. The third-order valence-corrected chi connectivity index (χ3v) is 3.04. The molecular formula is C18H19NO4. The molecule has 0 bridgehead atoms. The smallest absolute Gasteiger partial charge is 0.262 e. The van der Waals surface area contributed by atoms with Crippen LogP contribution in [0, 0.1) is 0 Å². The lowest BCUT2D eigenvalue weighted by atomic mass is 10.2. The standard InChI is InChI=1S/C18H19NO4/c1-3-5-13-8-9-16(17(10-13)22-2)23-12-18(21)19-14-6-4-7-15(20)11-14/h3-11,20H,12H2,1-2H3,(H,19,21)/b5-3+. The molecular weight excluding hydrogens is 294 g/mol. The summed E-state index contributed by atoms with van der Waals surface area (Å²) < 4.78 is 10.8.